The minimum Gasteiger partial charge on any atom is -0.493 e. The van der Waals surface area contributed by atoms with Crippen molar-refractivity contribution in [2.45, 2.75) is 43.5 Å². The number of carbonyl (C=O) groups is 4. The topological polar surface area (TPSA) is 204 Å². The van der Waals surface area contributed by atoms with E-state index in [2.05, 4.69) is 16.6 Å². The lowest BCUT2D eigenvalue weighted by molar-refractivity contribution is -0.174. The predicted molar refractivity (Wildman–Crippen MR) is 211 cm³/mol. The summed E-state index contributed by atoms with van der Waals surface area (Å²) in [7, 11) is 3.70. The van der Waals surface area contributed by atoms with E-state index in [1.807, 2.05) is 0 Å². The molecule has 0 spiro atoms. The van der Waals surface area contributed by atoms with Crippen LogP contribution in [0.3, 0.4) is 0 Å². The highest BCUT2D eigenvalue weighted by Gasteiger charge is 2.55. The number of alkyl carbamates (subject to hydrolysis) is 2. The number of amides is 2. The van der Waals surface area contributed by atoms with Crippen LogP contribution in [0.5, 0.6) is 23.0 Å². The number of hydrogen-bond donors (Lipinski definition) is 2. The van der Waals surface area contributed by atoms with Crippen LogP contribution in [0.1, 0.15) is 23.1 Å². The predicted octanol–water partition coefficient (Wildman–Crippen LogP) is 3.84. The van der Waals surface area contributed by atoms with Gasteiger partial charge >= 0.3 is 24.1 Å². The summed E-state index contributed by atoms with van der Waals surface area (Å²) < 4.78 is 72.6. The molecular formula is C41H49N3O14S. The average molecular weight is 840 g/mol. The Bertz CT molecular complexity index is 2100. The van der Waals surface area contributed by atoms with Crippen molar-refractivity contribution in [2.24, 2.45) is 17.8 Å². The number of rotatable bonds is 17. The summed E-state index contributed by atoms with van der Waals surface area (Å²) >= 11 is 0. The van der Waals surface area contributed by atoms with Crippen molar-refractivity contribution in [1.82, 2.24) is 14.9 Å². The molecule has 1 aliphatic carbocycles. The van der Waals surface area contributed by atoms with E-state index in [9.17, 15) is 27.6 Å². The molecule has 0 aliphatic heterocycles. The number of aryl methyl sites for hydroxylation is 1. The second-order valence-electron chi connectivity index (χ2n) is 13.3. The molecule has 3 aromatic rings. The normalized spacial score (nSPS) is 18.7. The molecule has 5 atom stereocenters. The smallest absolute Gasteiger partial charge is 0.407 e. The molecule has 0 bridgehead atoms. The van der Waals surface area contributed by atoms with Crippen molar-refractivity contribution in [1.29, 1.82) is 0 Å². The van der Waals surface area contributed by atoms with E-state index in [1.54, 1.807) is 55.5 Å². The maximum atomic E-state index is 14.1. The Morgan fingerprint density at radius 1 is 0.729 bits per heavy atom. The largest absolute Gasteiger partial charge is 0.493 e. The highest BCUT2D eigenvalue weighted by molar-refractivity contribution is 7.89. The molecule has 0 heterocycles. The fourth-order valence-corrected chi connectivity index (χ4v) is 8.18. The minimum absolute atomic E-state index is 0.0530. The SMILES string of the molecule is C#CCN(C[C@H]1[C@H](OC(=O)NCc2ccc(OC)c(OC)c2)[C@H](OC(=O)NCc2ccc(OC)c(OC)c2)C[C@@H](C(=O)OC)[C@H]1C(=O)OC)S(=O)(=O)c1ccc(C)cc1. The van der Waals surface area contributed by atoms with E-state index in [0.29, 0.717) is 34.1 Å². The number of nitrogens with zero attached hydrogens (tertiary/aromatic N) is 1. The Morgan fingerprint density at radius 2 is 1.24 bits per heavy atom. The van der Waals surface area contributed by atoms with Crippen LogP contribution in [0, 0.1) is 37.0 Å². The number of methoxy groups -OCH3 is 6. The molecule has 17 nitrogen and oxygen atoms in total. The van der Waals surface area contributed by atoms with Gasteiger partial charge < -0.3 is 48.5 Å². The lowest BCUT2D eigenvalue weighted by Crippen LogP contribution is -2.58. The number of esters is 2. The van der Waals surface area contributed by atoms with Gasteiger partial charge in [-0.25, -0.2) is 18.0 Å². The van der Waals surface area contributed by atoms with Gasteiger partial charge in [-0.3, -0.25) is 9.59 Å². The molecule has 1 fully saturated rings. The Kier molecular flexibility index (Phi) is 16.2. The van der Waals surface area contributed by atoms with E-state index >= 15 is 0 Å². The summed E-state index contributed by atoms with van der Waals surface area (Å²) in [5.74, 6) is -1.97. The van der Waals surface area contributed by atoms with E-state index in [1.165, 1.54) is 40.6 Å². The standard InChI is InChI=1S/C41H49N3O14S/c1-9-18-44(59(49,50)28-14-10-25(2)11-15-28)24-30-36(39(46)56-8)29(38(45)55-7)21-35(57-40(47)42-22-26-12-16-31(51-3)33(19-26)53-5)37(30)58-41(48)43-23-27-13-17-32(52-4)34(20-27)54-6/h1,10-17,19-20,29-30,35-37H,18,21-24H2,2-8H3,(H,42,47)(H,43,48)/t29-,30-,35-,36-,37+/m1/s1. The quantitative estimate of drug-likeness (QED) is 0.113. The molecule has 0 radical (unpaired) electrons. The molecule has 0 saturated heterocycles. The summed E-state index contributed by atoms with van der Waals surface area (Å²) in [6.07, 6.45) is 0.264. The summed E-state index contributed by atoms with van der Waals surface area (Å²) in [5.41, 5.74) is 1.99. The van der Waals surface area contributed by atoms with Gasteiger partial charge in [-0.15, -0.1) is 6.42 Å². The molecule has 318 valence electrons. The van der Waals surface area contributed by atoms with Gasteiger partial charge in [0.1, 0.15) is 12.2 Å². The molecule has 59 heavy (non-hydrogen) atoms. The molecule has 0 aromatic heterocycles. The lowest BCUT2D eigenvalue weighted by Gasteiger charge is -2.44. The molecule has 3 aromatic carbocycles. The Balaban J connectivity index is 1.76. The van der Waals surface area contributed by atoms with Crippen molar-refractivity contribution in [3.8, 4) is 35.3 Å². The first-order valence-corrected chi connectivity index (χ1v) is 19.7. The van der Waals surface area contributed by atoms with Gasteiger partial charge in [0.2, 0.25) is 10.0 Å². The number of sulfonamides is 1. The second kappa shape index (κ2) is 21.0. The van der Waals surface area contributed by atoms with E-state index in [-0.39, 0.29) is 24.4 Å². The maximum Gasteiger partial charge on any atom is 0.407 e. The summed E-state index contributed by atoms with van der Waals surface area (Å²) in [4.78, 5) is 54.2. The second-order valence-corrected chi connectivity index (χ2v) is 15.2. The van der Waals surface area contributed by atoms with Crippen LogP contribution in [0.4, 0.5) is 9.59 Å². The molecular weight excluding hydrogens is 791 g/mol. The van der Waals surface area contributed by atoms with Crippen molar-refractivity contribution in [3.63, 3.8) is 0 Å². The Morgan fingerprint density at radius 3 is 1.71 bits per heavy atom. The third-order valence-electron chi connectivity index (χ3n) is 9.76. The van der Waals surface area contributed by atoms with Gasteiger partial charge in [0.05, 0.1) is 65.9 Å². The van der Waals surface area contributed by atoms with Crippen LogP contribution in [0.2, 0.25) is 0 Å². The van der Waals surface area contributed by atoms with Crippen LogP contribution in [0.25, 0.3) is 0 Å². The summed E-state index contributed by atoms with van der Waals surface area (Å²) in [6.45, 7) is 0.577. The van der Waals surface area contributed by atoms with Gasteiger partial charge in [0.25, 0.3) is 0 Å². The van der Waals surface area contributed by atoms with Crippen molar-refractivity contribution >= 4 is 34.1 Å². The first kappa shape index (κ1) is 45.5. The molecule has 2 N–H and O–H groups in total. The first-order valence-electron chi connectivity index (χ1n) is 18.2. The van der Waals surface area contributed by atoms with Crippen molar-refractivity contribution < 1.29 is 65.5 Å². The third-order valence-corrected chi connectivity index (χ3v) is 11.6. The van der Waals surface area contributed by atoms with Crippen LogP contribution in [0.15, 0.2) is 65.6 Å². The van der Waals surface area contributed by atoms with Crippen LogP contribution < -0.4 is 29.6 Å². The van der Waals surface area contributed by atoms with E-state index in [0.717, 1.165) is 24.1 Å². The third kappa shape index (κ3) is 11.3. The number of terminal acetylenes is 1. The maximum absolute atomic E-state index is 14.1. The van der Waals surface area contributed by atoms with Gasteiger partial charge in [0, 0.05) is 32.0 Å². The lowest BCUT2D eigenvalue weighted by atomic mass is 9.68. The van der Waals surface area contributed by atoms with Crippen LogP contribution >= 0.6 is 0 Å². The minimum atomic E-state index is -4.37. The van der Waals surface area contributed by atoms with Gasteiger partial charge in [-0.05, 0) is 54.4 Å². The molecule has 4 rings (SSSR count). The van der Waals surface area contributed by atoms with Crippen molar-refractivity contribution in [2.75, 3.05) is 55.7 Å². The molecule has 18 heteroatoms. The molecule has 0 unspecified atom stereocenters. The summed E-state index contributed by atoms with van der Waals surface area (Å²) in [6, 6.07) is 16.0. The fourth-order valence-electron chi connectivity index (χ4n) is 6.79. The average Bonchev–Trinajstić information content (AvgIpc) is 3.24. The van der Waals surface area contributed by atoms with Crippen molar-refractivity contribution in [3.05, 3.63) is 77.4 Å². The fraction of sp³-hybridized carbons (Fsp3) is 0.415. The number of nitrogens with one attached hydrogen (secondary N) is 2. The Hall–Kier alpha value is -6.19. The molecule has 1 saturated carbocycles. The number of ether oxygens (including phenoxy) is 8. The van der Waals surface area contributed by atoms with Gasteiger partial charge in [-0.2, -0.15) is 4.31 Å². The molecule has 1 aliphatic rings. The zero-order valence-corrected chi connectivity index (χ0v) is 34.7. The number of carbonyl (C=O) groups excluding carboxylic acids is 4. The highest BCUT2D eigenvalue weighted by atomic mass is 32.2. The first-order chi connectivity index (χ1) is 28.2. The highest BCUT2D eigenvalue weighted by Crippen LogP contribution is 2.41. The monoisotopic (exact) mass is 839 g/mol. The number of benzene rings is 3. The number of hydrogen-bond acceptors (Lipinski definition) is 14. The molecule has 2 amide bonds. The Labute approximate surface area is 343 Å². The van der Waals surface area contributed by atoms with E-state index < -0.39 is 77.2 Å². The van der Waals surface area contributed by atoms with E-state index in [4.69, 9.17) is 44.3 Å². The van der Waals surface area contributed by atoms with Gasteiger partial charge in [-0.1, -0.05) is 35.7 Å². The van der Waals surface area contributed by atoms with Gasteiger partial charge in [0.15, 0.2) is 23.0 Å². The van der Waals surface area contributed by atoms with Crippen LogP contribution in [-0.4, -0.2) is 105 Å². The zero-order chi connectivity index (χ0) is 43.3. The zero-order valence-electron chi connectivity index (χ0n) is 33.8. The van der Waals surface area contributed by atoms with Crippen LogP contribution in [-0.2, 0) is 51.6 Å². The summed E-state index contributed by atoms with van der Waals surface area (Å²) in [5, 5.41) is 5.26.